The summed E-state index contributed by atoms with van der Waals surface area (Å²) in [5.74, 6) is -0.944. The van der Waals surface area contributed by atoms with E-state index in [-0.39, 0.29) is 39.4 Å². The summed E-state index contributed by atoms with van der Waals surface area (Å²) in [4.78, 5) is 40.3. The second-order valence-corrected chi connectivity index (χ2v) is 8.40. The Morgan fingerprint density at radius 3 is 2.53 bits per heavy atom. The molecule has 3 aromatic rings. The lowest BCUT2D eigenvalue weighted by molar-refractivity contribution is -0.384. The minimum absolute atomic E-state index is 0.124. The molecule has 168 valence electrons. The number of halogens is 4. The molecule has 0 amide bonds. The lowest BCUT2D eigenvalue weighted by Gasteiger charge is -2.18. The van der Waals surface area contributed by atoms with Gasteiger partial charge in [0, 0.05) is 23.4 Å². The highest BCUT2D eigenvalue weighted by molar-refractivity contribution is 9.09. The number of carbonyl (C=O) groups is 1. The molecule has 2 aromatic carbocycles. The predicted octanol–water partition coefficient (Wildman–Crippen LogP) is 4.43. The van der Waals surface area contributed by atoms with Crippen LogP contribution >= 0.6 is 15.9 Å². The SMILES string of the molecule is COC(=O)c1cc(C(F)(F)F)ccc1-n1c(CC(C)Br)nc2ccc([N+](=O)[O-])cc2c1=O. The van der Waals surface area contributed by atoms with E-state index in [1.54, 1.807) is 6.92 Å². The average Bonchev–Trinajstić information content (AvgIpc) is 2.71. The van der Waals surface area contributed by atoms with Gasteiger partial charge in [-0.25, -0.2) is 9.78 Å². The zero-order valence-corrected chi connectivity index (χ0v) is 18.2. The van der Waals surface area contributed by atoms with E-state index in [0.717, 1.165) is 29.9 Å². The molecule has 0 saturated heterocycles. The van der Waals surface area contributed by atoms with Crippen LogP contribution in [-0.4, -0.2) is 32.4 Å². The van der Waals surface area contributed by atoms with Gasteiger partial charge in [0.05, 0.1) is 39.8 Å². The Kier molecular flexibility index (Phi) is 6.35. The number of ether oxygens (including phenoxy) is 1. The van der Waals surface area contributed by atoms with E-state index in [4.69, 9.17) is 0 Å². The Morgan fingerprint density at radius 1 is 1.28 bits per heavy atom. The van der Waals surface area contributed by atoms with Crippen molar-refractivity contribution < 1.29 is 27.6 Å². The molecule has 0 N–H and O–H groups in total. The summed E-state index contributed by atoms with van der Waals surface area (Å²) >= 11 is 3.35. The molecular formula is C20H15BrF3N3O5. The summed E-state index contributed by atoms with van der Waals surface area (Å²) in [5, 5.41) is 11.0. The Hall–Kier alpha value is -3.28. The molecule has 0 fully saturated rings. The number of carbonyl (C=O) groups excluding carboxylic acids is 1. The van der Waals surface area contributed by atoms with Crippen molar-refractivity contribution in [2.75, 3.05) is 7.11 Å². The van der Waals surface area contributed by atoms with Crippen LogP contribution in [0.25, 0.3) is 16.6 Å². The molecule has 12 heteroatoms. The topological polar surface area (TPSA) is 104 Å². The molecule has 1 aromatic heterocycles. The zero-order valence-electron chi connectivity index (χ0n) is 16.6. The van der Waals surface area contributed by atoms with E-state index in [2.05, 4.69) is 25.7 Å². The van der Waals surface area contributed by atoms with Gasteiger partial charge < -0.3 is 4.74 Å². The Morgan fingerprint density at radius 2 is 1.97 bits per heavy atom. The first-order valence-electron chi connectivity index (χ1n) is 9.08. The number of rotatable bonds is 5. The first-order valence-corrected chi connectivity index (χ1v) is 9.99. The van der Waals surface area contributed by atoms with Crippen LogP contribution in [0.3, 0.4) is 0 Å². The van der Waals surface area contributed by atoms with Gasteiger partial charge >= 0.3 is 12.1 Å². The summed E-state index contributed by atoms with van der Waals surface area (Å²) in [6, 6.07) is 5.84. The molecule has 1 unspecified atom stereocenters. The largest absolute Gasteiger partial charge is 0.465 e. The van der Waals surface area contributed by atoms with Gasteiger partial charge in [-0.15, -0.1) is 0 Å². The fraction of sp³-hybridized carbons (Fsp3) is 0.250. The van der Waals surface area contributed by atoms with Crippen molar-refractivity contribution in [3.05, 3.63) is 73.8 Å². The van der Waals surface area contributed by atoms with Gasteiger partial charge in [0.15, 0.2) is 0 Å². The standard InChI is InChI=1S/C20H15BrF3N3O5/c1-10(21)7-17-25-15-5-4-12(27(30)31)9-13(15)18(28)26(17)16-6-3-11(20(22,23)24)8-14(16)19(29)32-2/h3-6,8-10H,7H2,1-2H3. The van der Waals surface area contributed by atoms with Gasteiger partial charge in [0.2, 0.25) is 0 Å². The van der Waals surface area contributed by atoms with Crippen molar-refractivity contribution >= 4 is 38.5 Å². The minimum Gasteiger partial charge on any atom is -0.465 e. The fourth-order valence-corrected chi connectivity index (χ4v) is 3.44. The highest BCUT2D eigenvalue weighted by Crippen LogP contribution is 2.32. The van der Waals surface area contributed by atoms with Crippen LogP contribution in [-0.2, 0) is 17.3 Å². The second-order valence-electron chi connectivity index (χ2n) is 6.83. The van der Waals surface area contributed by atoms with Crippen LogP contribution in [0.4, 0.5) is 18.9 Å². The molecule has 0 saturated carbocycles. The monoisotopic (exact) mass is 513 g/mol. The first-order chi connectivity index (χ1) is 14.9. The number of esters is 1. The molecular weight excluding hydrogens is 499 g/mol. The van der Waals surface area contributed by atoms with Gasteiger partial charge in [-0.1, -0.05) is 22.9 Å². The highest BCUT2D eigenvalue weighted by Gasteiger charge is 2.33. The van der Waals surface area contributed by atoms with E-state index >= 15 is 0 Å². The van der Waals surface area contributed by atoms with E-state index in [1.807, 2.05) is 0 Å². The number of nitro benzene ring substituents is 1. The van der Waals surface area contributed by atoms with E-state index in [0.29, 0.717) is 6.07 Å². The number of aromatic nitrogens is 2. The number of alkyl halides is 4. The number of methoxy groups -OCH3 is 1. The minimum atomic E-state index is -4.73. The maximum atomic E-state index is 13.4. The number of benzene rings is 2. The first kappa shape index (κ1) is 23.4. The third kappa shape index (κ3) is 4.49. The lowest BCUT2D eigenvalue weighted by Crippen LogP contribution is -2.27. The molecule has 1 heterocycles. The van der Waals surface area contributed by atoms with Crippen LogP contribution in [0.1, 0.15) is 28.7 Å². The highest BCUT2D eigenvalue weighted by atomic mass is 79.9. The molecule has 1 atom stereocenters. The van der Waals surface area contributed by atoms with Crippen LogP contribution in [0, 0.1) is 10.1 Å². The van der Waals surface area contributed by atoms with E-state index in [1.165, 1.54) is 12.1 Å². The van der Waals surface area contributed by atoms with Crippen LogP contribution in [0.5, 0.6) is 0 Å². The Bertz CT molecular complexity index is 1290. The van der Waals surface area contributed by atoms with Gasteiger partial charge in [0.25, 0.3) is 11.2 Å². The fourth-order valence-electron chi connectivity index (χ4n) is 3.15. The lowest BCUT2D eigenvalue weighted by atomic mass is 10.1. The predicted molar refractivity (Wildman–Crippen MR) is 112 cm³/mol. The van der Waals surface area contributed by atoms with Gasteiger partial charge in [-0.3, -0.25) is 19.5 Å². The summed E-state index contributed by atoms with van der Waals surface area (Å²) in [7, 11) is 0.999. The molecule has 0 spiro atoms. The number of hydrogen-bond donors (Lipinski definition) is 0. The maximum absolute atomic E-state index is 13.4. The maximum Gasteiger partial charge on any atom is 0.416 e. The van der Waals surface area contributed by atoms with Gasteiger partial charge in [-0.05, 0) is 24.3 Å². The van der Waals surface area contributed by atoms with Crippen molar-refractivity contribution in [2.24, 2.45) is 0 Å². The third-order valence-corrected chi connectivity index (χ3v) is 4.89. The smallest absolute Gasteiger partial charge is 0.416 e. The molecule has 0 bridgehead atoms. The van der Waals surface area contributed by atoms with Crippen molar-refractivity contribution in [1.82, 2.24) is 9.55 Å². The van der Waals surface area contributed by atoms with Crippen LogP contribution in [0.15, 0.2) is 41.2 Å². The van der Waals surface area contributed by atoms with Gasteiger partial charge in [-0.2, -0.15) is 13.2 Å². The molecule has 0 aliphatic heterocycles. The van der Waals surface area contributed by atoms with Crippen LogP contribution < -0.4 is 5.56 Å². The molecule has 8 nitrogen and oxygen atoms in total. The Balaban J connectivity index is 2.42. The van der Waals surface area contributed by atoms with Crippen molar-refractivity contribution in [3.8, 4) is 5.69 Å². The number of fused-ring (bicyclic) bond motifs is 1. The number of nitrogens with zero attached hydrogens (tertiary/aromatic N) is 3. The molecule has 3 rings (SSSR count). The van der Waals surface area contributed by atoms with Crippen LogP contribution in [0.2, 0.25) is 0 Å². The van der Waals surface area contributed by atoms with Gasteiger partial charge in [0.1, 0.15) is 5.82 Å². The number of non-ortho nitro benzene ring substituents is 1. The van der Waals surface area contributed by atoms with Crippen molar-refractivity contribution in [2.45, 2.75) is 24.3 Å². The average molecular weight is 514 g/mol. The summed E-state index contributed by atoms with van der Waals surface area (Å²) in [6.45, 7) is 1.77. The summed E-state index contributed by atoms with van der Waals surface area (Å²) in [6.07, 6.45) is -4.56. The van der Waals surface area contributed by atoms with E-state index in [9.17, 15) is 32.9 Å². The molecule has 0 aliphatic carbocycles. The molecule has 0 radical (unpaired) electrons. The third-order valence-electron chi connectivity index (χ3n) is 4.57. The molecule has 0 aliphatic rings. The Labute approximate surface area is 186 Å². The number of nitro groups is 1. The van der Waals surface area contributed by atoms with Crippen molar-refractivity contribution in [1.29, 1.82) is 0 Å². The number of hydrogen-bond acceptors (Lipinski definition) is 6. The second kappa shape index (κ2) is 8.69. The van der Waals surface area contributed by atoms with Crippen molar-refractivity contribution in [3.63, 3.8) is 0 Å². The quantitative estimate of drug-likeness (QED) is 0.216. The van der Waals surface area contributed by atoms with E-state index < -0.39 is 33.8 Å². The molecule has 32 heavy (non-hydrogen) atoms. The normalized spacial score (nSPS) is 12.6. The zero-order chi connectivity index (χ0) is 23.8. The summed E-state index contributed by atoms with van der Waals surface area (Å²) < 4.78 is 45.3. The summed E-state index contributed by atoms with van der Waals surface area (Å²) in [5.41, 5.74) is -2.74.